The van der Waals surface area contributed by atoms with Crippen molar-refractivity contribution in [2.75, 3.05) is 4.90 Å². The van der Waals surface area contributed by atoms with Crippen LogP contribution in [0.4, 0.5) is 14.9 Å². The number of anilines is 1. The lowest BCUT2D eigenvalue weighted by molar-refractivity contribution is -0.122. The Labute approximate surface area is 149 Å². The van der Waals surface area contributed by atoms with Gasteiger partial charge in [-0.15, -0.1) is 0 Å². The fraction of sp³-hybridized carbons (Fsp3) is 0. The number of amides is 4. The second-order valence-corrected chi connectivity index (χ2v) is 6.00. The fourth-order valence-electron chi connectivity index (χ4n) is 2.29. The molecule has 0 bridgehead atoms. The van der Waals surface area contributed by atoms with Crippen LogP contribution in [-0.4, -0.2) is 23.0 Å². The highest BCUT2D eigenvalue weighted by molar-refractivity contribution is 9.10. The standard InChI is InChI=1S/C17H10BrFN2O4/c18-13-7-9(4-5-14(13)22)6-12-15(23)20-17(25)21(16(12)24)11-3-1-2-10(19)8-11/h1-8,22H,(H,20,23,25)/b12-6+. The normalized spacial score (nSPS) is 16.3. The molecule has 0 radical (unpaired) electrons. The number of aromatic hydroxyl groups is 1. The van der Waals surface area contributed by atoms with Gasteiger partial charge in [-0.25, -0.2) is 14.1 Å². The Balaban J connectivity index is 2.03. The molecule has 0 aliphatic carbocycles. The zero-order valence-electron chi connectivity index (χ0n) is 12.5. The molecule has 6 nitrogen and oxygen atoms in total. The number of hydrogen-bond donors (Lipinski definition) is 2. The summed E-state index contributed by atoms with van der Waals surface area (Å²) in [5.74, 6) is -2.35. The maximum Gasteiger partial charge on any atom is 0.335 e. The molecule has 0 unspecified atom stereocenters. The van der Waals surface area contributed by atoms with Crippen molar-refractivity contribution in [3.05, 3.63) is 63.9 Å². The highest BCUT2D eigenvalue weighted by Crippen LogP contribution is 2.27. The number of nitrogens with zero attached hydrogens (tertiary/aromatic N) is 1. The van der Waals surface area contributed by atoms with Gasteiger partial charge >= 0.3 is 6.03 Å². The molecule has 8 heteroatoms. The van der Waals surface area contributed by atoms with Gasteiger partial charge in [0.2, 0.25) is 0 Å². The van der Waals surface area contributed by atoms with Crippen molar-refractivity contribution in [3.63, 3.8) is 0 Å². The molecule has 0 saturated carbocycles. The van der Waals surface area contributed by atoms with Crippen LogP contribution < -0.4 is 10.2 Å². The minimum absolute atomic E-state index is 0.00172. The molecule has 25 heavy (non-hydrogen) atoms. The smallest absolute Gasteiger partial charge is 0.335 e. The zero-order chi connectivity index (χ0) is 18.1. The molecule has 4 amide bonds. The lowest BCUT2D eigenvalue weighted by Crippen LogP contribution is -2.54. The van der Waals surface area contributed by atoms with Crippen LogP contribution in [-0.2, 0) is 9.59 Å². The van der Waals surface area contributed by atoms with Gasteiger partial charge < -0.3 is 5.11 Å². The van der Waals surface area contributed by atoms with Crippen LogP contribution in [0.3, 0.4) is 0 Å². The Morgan fingerprint density at radius 2 is 1.88 bits per heavy atom. The number of carbonyl (C=O) groups is 3. The summed E-state index contributed by atoms with van der Waals surface area (Å²) in [6.07, 6.45) is 1.28. The molecule has 0 atom stereocenters. The summed E-state index contributed by atoms with van der Waals surface area (Å²) in [7, 11) is 0. The lowest BCUT2D eigenvalue weighted by Gasteiger charge is -2.26. The first-order valence-electron chi connectivity index (χ1n) is 7.02. The van der Waals surface area contributed by atoms with Crippen LogP contribution in [0, 0.1) is 5.82 Å². The van der Waals surface area contributed by atoms with Gasteiger partial charge in [-0.1, -0.05) is 12.1 Å². The van der Waals surface area contributed by atoms with Gasteiger partial charge in [0.25, 0.3) is 11.8 Å². The van der Waals surface area contributed by atoms with Crippen LogP contribution in [0.1, 0.15) is 5.56 Å². The summed E-state index contributed by atoms with van der Waals surface area (Å²) in [4.78, 5) is 37.3. The van der Waals surface area contributed by atoms with Crippen molar-refractivity contribution in [2.45, 2.75) is 0 Å². The Kier molecular flexibility index (Phi) is 4.37. The van der Waals surface area contributed by atoms with Crippen LogP contribution >= 0.6 is 15.9 Å². The summed E-state index contributed by atoms with van der Waals surface area (Å²) in [6, 6.07) is 8.35. The number of rotatable bonds is 2. The number of nitrogens with one attached hydrogen (secondary N) is 1. The van der Waals surface area contributed by atoms with E-state index in [1.165, 1.54) is 42.5 Å². The van der Waals surface area contributed by atoms with Crippen molar-refractivity contribution in [1.82, 2.24) is 5.32 Å². The molecule has 0 spiro atoms. The highest BCUT2D eigenvalue weighted by Gasteiger charge is 2.36. The third-order valence-electron chi connectivity index (χ3n) is 3.45. The fourth-order valence-corrected chi connectivity index (χ4v) is 2.68. The molecule has 1 heterocycles. The van der Waals surface area contributed by atoms with E-state index in [2.05, 4.69) is 15.9 Å². The van der Waals surface area contributed by atoms with E-state index in [0.29, 0.717) is 14.9 Å². The number of halogens is 2. The second kappa shape index (κ2) is 6.48. The molecule has 126 valence electrons. The monoisotopic (exact) mass is 404 g/mol. The van der Waals surface area contributed by atoms with Gasteiger partial charge in [0.05, 0.1) is 10.2 Å². The van der Waals surface area contributed by atoms with Crippen LogP contribution in [0.2, 0.25) is 0 Å². The van der Waals surface area contributed by atoms with E-state index in [1.807, 2.05) is 5.32 Å². The molecule has 0 aromatic heterocycles. The van der Waals surface area contributed by atoms with Crippen molar-refractivity contribution in [2.24, 2.45) is 0 Å². The summed E-state index contributed by atoms with van der Waals surface area (Å²) >= 11 is 3.14. The molecule has 3 rings (SSSR count). The molecule has 1 saturated heterocycles. The van der Waals surface area contributed by atoms with E-state index in [4.69, 9.17) is 0 Å². The van der Waals surface area contributed by atoms with Crippen molar-refractivity contribution >= 4 is 45.5 Å². The molecule has 2 aromatic rings. The highest BCUT2D eigenvalue weighted by atomic mass is 79.9. The van der Waals surface area contributed by atoms with Gasteiger partial charge in [-0.05, 0) is 57.9 Å². The summed E-state index contributed by atoms with van der Waals surface area (Å²) in [5.41, 5.74) is 0.172. The molecular formula is C17H10BrFN2O4. The predicted molar refractivity (Wildman–Crippen MR) is 91.2 cm³/mol. The molecule has 2 aromatic carbocycles. The van der Waals surface area contributed by atoms with E-state index in [0.717, 1.165) is 6.07 Å². The van der Waals surface area contributed by atoms with Gasteiger partial charge in [-0.2, -0.15) is 0 Å². The van der Waals surface area contributed by atoms with Crippen LogP contribution in [0.25, 0.3) is 6.08 Å². The number of phenolic OH excluding ortho intramolecular Hbond substituents is 1. The number of hydrogen-bond acceptors (Lipinski definition) is 4. The Bertz CT molecular complexity index is 942. The first-order chi connectivity index (χ1) is 11.9. The Morgan fingerprint density at radius 1 is 1.12 bits per heavy atom. The first kappa shape index (κ1) is 16.8. The number of carbonyl (C=O) groups excluding carboxylic acids is 3. The largest absolute Gasteiger partial charge is 0.507 e. The lowest BCUT2D eigenvalue weighted by atomic mass is 10.1. The third-order valence-corrected chi connectivity index (χ3v) is 4.09. The predicted octanol–water partition coefficient (Wildman–Crippen LogP) is 2.96. The molecule has 1 fully saturated rings. The van der Waals surface area contributed by atoms with E-state index >= 15 is 0 Å². The number of imide groups is 2. The van der Waals surface area contributed by atoms with E-state index < -0.39 is 23.7 Å². The maximum absolute atomic E-state index is 13.4. The number of benzene rings is 2. The van der Waals surface area contributed by atoms with Gasteiger partial charge in [0, 0.05) is 0 Å². The average molecular weight is 405 g/mol. The number of urea groups is 1. The number of barbiturate groups is 1. The molecule has 1 aliphatic rings. The maximum atomic E-state index is 13.4. The minimum Gasteiger partial charge on any atom is -0.507 e. The van der Waals surface area contributed by atoms with Crippen LogP contribution in [0.15, 0.2) is 52.5 Å². The topological polar surface area (TPSA) is 86.7 Å². The summed E-state index contributed by atoms with van der Waals surface area (Å²) in [5, 5.41) is 11.6. The van der Waals surface area contributed by atoms with Gasteiger partial charge in [0.1, 0.15) is 17.1 Å². The molecular weight excluding hydrogens is 395 g/mol. The third kappa shape index (κ3) is 3.29. The minimum atomic E-state index is -0.954. The van der Waals surface area contributed by atoms with E-state index in [9.17, 15) is 23.9 Å². The summed E-state index contributed by atoms with van der Waals surface area (Å²) < 4.78 is 13.8. The zero-order valence-corrected chi connectivity index (χ0v) is 14.1. The number of phenols is 1. The quantitative estimate of drug-likeness (QED) is 0.594. The molecule has 2 N–H and O–H groups in total. The molecule has 1 aliphatic heterocycles. The van der Waals surface area contributed by atoms with Crippen LogP contribution in [0.5, 0.6) is 5.75 Å². The Morgan fingerprint density at radius 3 is 2.56 bits per heavy atom. The summed E-state index contributed by atoms with van der Waals surface area (Å²) in [6.45, 7) is 0. The van der Waals surface area contributed by atoms with Crippen molar-refractivity contribution in [1.29, 1.82) is 0 Å². The van der Waals surface area contributed by atoms with Gasteiger partial charge in [-0.3, -0.25) is 14.9 Å². The van der Waals surface area contributed by atoms with Crippen molar-refractivity contribution < 1.29 is 23.9 Å². The first-order valence-corrected chi connectivity index (χ1v) is 7.81. The van der Waals surface area contributed by atoms with E-state index in [1.54, 1.807) is 0 Å². The van der Waals surface area contributed by atoms with E-state index in [-0.39, 0.29) is 17.0 Å². The van der Waals surface area contributed by atoms with Gasteiger partial charge in [0.15, 0.2) is 0 Å². The second-order valence-electron chi connectivity index (χ2n) is 5.15. The Hall–Kier alpha value is -3.00. The SMILES string of the molecule is O=C1NC(=O)N(c2cccc(F)c2)C(=O)/C1=C/c1ccc(O)c(Br)c1. The average Bonchev–Trinajstić information content (AvgIpc) is 2.54. The van der Waals surface area contributed by atoms with Crippen molar-refractivity contribution in [3.8, 4) is 5.75 Å².